The number of nitrogens with one attached hydrogen (secondary N) is 1. The van der Waals surface area contributed by atoms with Crippen molar-refractivity contribution in [2.45, 2.75) is 0 Å². The Labute approximate surface area is 135 Å². The summed E-state index contributed by atoms with van der Waals surface area (Å²) in [5, 5.41) is 3.11. The average Bonchev–Trinajstić information content (AvgIpc) is 2.45. The third-order valence-corrected chi connectivity index (χ3v) is 3.06. The Hall–Kier alpha value is -2.11. The van der Waals surface area contributed by atoms with Crippen LogP contribution >= 0.6 is 23.2 Å². The number of hydrogen-bond donors (Lipinski definition) is 1. The van der Waals surface area contributed by atoms with E-state index in [0.717, 1.165) is 6.07 Å². The van der Waals surface area contributed by atoms with Crippen LogP contribution in [0.25, 0.3) is 0 Å². The molecule has 1 N–H and O–H groups in total. The molecule has 0 saturated carbocycles. The maximum absolute atomic E-state index is 13.5. The zero-order valence-electron chi connectivity index (χ0n) is 11.1. The van der Waals surface area contributed by atoms with E-state index in [9.17, 15) is 14.0 Å². The van der Waals surface area contributed by atoms with Gasteiger partial charge in [0.05, 0.1) is 5.56 Å². The Morgan fingerprint density at radius 2 is 1.82 bits per heavy atom. The minimum Gasteiger partial charge on any atom is -0.452 e. The molecule has 0 saturated heterocycles. The van der Waals surface area contributed by atoms with Gasteiger partial charge in [-0.2, -0.15) is 0 Å². The summed E-state index contributed by atoms with van der Waals surface area (Å²) < 4.78 is 18.3. The fraction of sp³-hybridized carbons (Fsp3) is 0.0667. The Morgan fingerprint density at radius 1 is 1.09 bits per heavy atom. The molecule has 7 heteroatoms. The molecule has 0 bridgehead atoms. The van der Waals surface area contributed by atoms with Crippen molar-refractivity contribution < 1.29 is 18.7 Å². The molecule has 0 atom stereocenters. The summed E-state index contributed by atoms with van der Waals surface area (Å²) in [6, 6.07) is 10.0. The molecule has 114 valence electrons. The van der Waals surface area contributed by atoms with Gasteiger partial charge in [-0.25, -0.2) is 9.18 Å². The highest BCUT2D eigenvalue weighted by Crippen LogP contribution is 2.16. The van der Waals surface area contributed by atoms with Crippen molar-refractivity contribution >= 4 is 40.8 Å². The zero-order chi connectivity index (χ0) is 16.1. The van der Waals surface area contributed by atoms with Crippen molar-refractivity contribution in [1.29, 1.82) is 0 Å². The first kappa shape index (κ1) is 16.3. The van der Waals surface area contributed by atoms with Crippen LogP contribution in [0.1, 0.15) is 10.4 Å². The molecule has 2 aromatic rings. The van der Waals surface area contributed by atoms with Crippen LogP contribution < -0.4 is 5.32 Å². The maximum Gasteiger partial charge on any atom is 0.341 e. The predicted molar refractivity (Wildman–Crippen MR) is 81.8 cm³/mol. The van der Waals surface area contributed by atoms with E-state index in [4.69, 9.17) is 27.9 Å². The molecule has 0 spiro atoms. The average molecular weight is 342 g/mol. The Balaban J connectivity index is 1.92. The van der Waals surface area contributed by atoms with Crippen molar-refractivity contribution in [3.63, 3.8) is 0 Å². The number of carbonyl (C=O) groups excluding carboxylic acids is 2. The third kappa shape index (κ3) is 4.44. The van der Waals surface area contributed by atoms with Gasteiger partial charge < -0.3 is 10.1 Å². The number of anilines is 1. The molecule has 22 heavy (non-hydrogen) atoms. The van der Waals surface area contributed by atoms with E-state index >= 15 is 0 Å². The highest BCUT2D eigenvalue weighted by Gasteiger charge is 2.15. The lowest BCUT2D eigenvalue weighted by Crippen LogP contribution is -2.21. The molecule has 0 aliphatic carbocycles. The zero-order valence-corrected chi connectivity index (χ0v) is 12.6. The van der Waals surface area contributed by atoms with Crippen LogP contribution in [0.3, 0.4) is 0 Å². The molecule has 2 rings (SSSR count). The molecule has 0 aromatic heterocycles. The molecule has 0 aliphatic rings. The second-order valence-corrected chi connectivity index (χ2v) is 5.13. The fourth-order valence-corrected chi connectivity index (χ4v) is 1.98. The number of benzene rings is 2. The van der Waals surface area contributed by atoms with Crippen LogP contribution in [-0.2, 0) is 9.53 Å². The summed E-state index contributed by atoms with van der Waals surface area (Å²) >= 11 is 11.4. The van der Waals surface area contributed by atoms with Gasteiger partial charge in [-0.15, -0.1) is 0 Å². The summed E-state index contributed by atoms with van der Waals surface area (Å²) in [7, 11) is 0. The molecule has 0 aliphatic heterocycles. The molecular weight excluding hydrogens is 332 g/mol. The van der Waals surface area contributed by atoms with Gasteiger partial charge in [0.1, 0.15) is 5.82 Å². The number of rotatable bonds is 4. The molecule has 2 aromatic carbocycles. The van der Waals surface area contributed by atoms with Gasteiger partial charge in [-0.3, -0.25) is 4.79 Å². The quantitative estimate of drug-likeness (QED) is 0.857. The lowest BCUT2D eigenvalue weighted by atomic mass is 10.2. The number of halogens is 3. The van der Waals surface area contributed by atoms with E-state index in [0.29, 0.717) is 10.7 Å². The first-order valence-electron chi connectivity index (χ1n) is 6.13. The van der Waals surface area contributed by atoms with E-state index in [1.807, 2.05) is 0 Å². The Morgan fingerprint density at radius 3 is 2.50 bits per heavy atom. The van der Waals surface area contributed by atoms with Crippen molar-refractivity contribution in [3.05, 3.63) is 63.9 Å². The predicted octanol–water partition coefficient (Wildman–Crippen LogP) is 3.93. The number of ether oxygens (including phenoxy) is 1. The normalized spacial score (nSPS) is 10.1. The summed E-state index contributed by atoms with van der Waals surface area (Å²) in [5.74, 6) is -2.33. The summed E-state index contributed by atoms with van der Waals surface area (Å²) in [5.41, 5.74) is 0.172. The highest BCUT2D eigenvalue weighted by atomic mass is 35.5. The van der Waals surface area contributed by atoms with E-state index in [2.05, 4.69) is 5.32 Å². The molecule has 4 nitrogen and oxygen atoms in total. The summed E-state index contributed by atoms with van der Waals surface area (Å²) in [6.45, 7) is -0.548. The van der Waals surface area contributed by atoms with Crippen LogP contribution in [0.2, 0.25) is 10.0 Å². The van der Waals surface area contributed by atoms with E-state index < -0.39 is 24.3 Å². The number of esters is 1. The van der Waals surface area contributed by atoms with Crippen LogP contribution in [0.4, 0.5) is 10.1 Å². The van der Waals surface area contributed by atoms with Gasteiger partial charge in [-0.1, -0.05) is 29.3 Å². The fourth-order valence-electron chi connectivity index (χ4n) is 1.63. The first-order chi connectivity index (χ1) is 10.5. The van der Waals surface area contributed by atoms with Gasteiger partial charge >= 0.3 is 5.97 Å². The van der Waals surface area contributed by atoms with Crippen molar-refractivity contribution in [2.75, 3.05) is 11.9 Å². The molecule has 0 fully saturated rings. The number of carbonyl (C=O) groups is 2. The smallest absolute Gasteiger partial charge is 0.341 e. The summed E-state index contributed by atoms with van der Waals surface area (Å²) in [6.07, 6.45) is 0. The minimum atomic E-state index is -0.949. The standard InChI is InChI=1S/C15H10Cl2FNO3/c16-9-2-1-3-11(6-9)19-14(20)8-22-15(21)12-5-4-10(17)7-13(12)18/h1-7H,8H2,(H,19,20). The topological polar surface area (TPSA) is 55.4 Å². The second-order valence-electron chi connectivity index (χ2n) is 4.26. The van der Waals surface area contributed by atoms with E-state index in [1.54, 1.807) is 24.3 Å². The van der Waals surface area contributed by atoms with Crippen molar-refractivity contribution in [1.82, 2.24) is 0 Å². The SMILES string of the molecule is O=C(COC(=O)c1ccc(Cl)cc1F)Nc1cccc(Cl)c1. The largest absolute Gasteiger partial charge is 0.452 e. The molecule has 1 amide bonds. The first-order valence-corrected chi connectivity index (χ1v) is 6.89. The number of amides is 1. The van der Waals surface area contributed by atoms with Crippen LogP contribution in [0, 0.1) is 5.82 Å². The lowest BCUT2D eigenvalue weighted by Gasteiger charge is -2.07. The molecular formula is C15H10Cl2FNO3. The monoisotopic (exact) mass is 341 g/mol. The highest BCUT2D eigenvalue weighted by molar-refractivity contribution is 6.31. The Bertz CT molecular complexity index is 722. The van der Waals surface area contributed by atoms with Crippen LogP contribution in [0.15, 0.2) is 42.5 Å². The van der Waals surface area contributed by atoms with Gasteiger partial charge in [-0.05, 0) is 36.4 Å². The van der Waals surface area contributed by atoms with E-state index in [-0.39, 0.29) is 10.6 Å². The molecule has 0 unspecified atom stereocenters. The summed E-state index contributed by atoms with van der Waals surface area (Å²) in [4.78, 5) is 23.3. The Kier molecular flexibility index (Phi) is 5.35. The van der Waals surface area contributed by atoms with Gasteiger partial charge in [0.2, 0.25) is 0 Å². The van der Waals surface area contributed by atoms with E-state index in [1.165, 1.54) is 12.1 Å². The van der Waals surface area contributed by atoms with Crippen LogP contribution in [0.5, 0.6) is 0 Å². The lowest BCUT2D eigenvalue weighted by molar-refractivity contribution is -0.119. The van der Waals surface area contributed by atoms with Crippen molar-refractivity contribution in [3.8, 4) is 0 Å². The second kappa shape index (κ2) is 7.24. The van der Waals surface area contributed by atoms with Gasteiger partial charge in [0, 0.05) is 15.7 Å². The van der Waals surface area contributed by atoms with Gasteiger partial charge in [0.25, 0.3) is 5.91 Å². The van der Waals surface area contributed by atoms with Crippen molar-refractivity contribution in [2.24, 2.45) is 0 Å². The molecule has 0 heterocycles. The van der Waals surface area contributed by atoms with Gasteiger partial charge in [0.15, 0.2) is 6.61 Å². The molecule has 0 radical (unpaired) electrons. The third-order valence-electron chi connectivity index (χ3n) is 2.59. The maximum atomic E-state index is 13.5. The minimum absolute atomic E-state index is 0.160. The number of hydrogen-bond acceptors (Lipinski definition) is 3. The van der Waals surface area contributed by atoms with Crippen LogP contribution in [-0.4, -0.2) is 18.5 Å².